The Morgan fingerprint density at radius 3 is 2.13 bits per heavy atom. The molecule has 8 nitrogen and oxygen atoms in total. The van der Waals surface area contributed by atoms with Crippen molar-refractivity contribution in [2.75, 3.05) is 26.6 Å². The average Bonchev–Trinajstić information content (AvgIpc) is 2.58. The van der Waals surface area contributed by atoms with Crippen LogP contribution in [0.2, 0.25) is 0 Å². The number of anilines is 1. The fourth-order valence-electron chi connectivity index (χ4n) is 1.71. The number of carbonyl (C=O) groups is 4. The third-order valence-electron chi connectivity index (χ3n) is 2.90. The minimum atomic E-state index is -0.676. The maximum Gasteiger partial charge on any atom is 0.339 e. The molecule has 124 valence electrons. The predicted octanol–water partition coefficient (Wildman–Crippen LogP) is 1.15. The molecular formula is C15H17NO7. The maximum atomic E-state index is 11.9. The second-order valence-corrected chi connectivity index (χ2v) is 4.37. The lowest BCUT2D eigenvalue weighted by Gasteiger charge is -2.11. The minimum absolute atomic E-state index is 0.0755. The molecule has 0 aromatic heterocycles. The summed E-state index contributed by atoms with van der Waals surface area (Å²) in [5, 5.41) is 2.47. The SMILES string of the molecule is COC(=O)CCC(=O)Nc1cc(C(=O)OC)ccc1C(=O)OC. The molecule has 0 aliphatic heterocycles. The highest BCUT2D eigenvalue weighted by Crippen LogP contribution is 2.20. The van der Waals surface area contributed by atoms with Gasteiger partial charge in [-0.3, -0.25) is 9.59 Å². The molecule has 0 spiro atoms. The van der Waals surface area contributed by atoms with Gasteiger partial charge in [0.15, 0.2) is 0 Å². The Bertz CT molecular complexity index is 624. The molecule has 0 saturated heterocycles. The highest BCUT2D eigenvalue weighted by Gasteiger charge is 2.17. The Balaban J connectivity index is 3.00. The smallest absolute Gasteiger partial charge is 0.339 e. The van der Waals surface area contributed by atoms with Gasteiger partial charge in [-0.1, -0.05) is 0 Å². The van der Waals surface area contributed by atoms with Gasteiger partial charge in [-0.05, 0) is 18.2 Å². The molecule has 0 unspecified atom stereocenters. The summed E-state index contributed by atoms with van der Waals surface area (Å²) in [6.45, 7) is 0. The molecule has 0 radical (unpaired) electrons. The molecule has 0 aliphatic rings. The highest BCUT2D eigenvalue weighted by atomic mass is 16.5. The summed E-state index contributed by atoms with van der Waals surface area (Å²) in [6, 6.07) is 4.02. The first-order chi connectivity index (χ1) is 10.9. The fraction of sp³-hybridized carbons (Fsp3) is 0.333. The van der Waals surface area contributed by atoms with Gasteiger partial charge in [0.25, 0.3) is 0 Å². The van der Waals surface area contributed by atoms with E-state index in [-0.39, 0.29) is 29.7 Å². The van der Waals surface area contributed by atoms with Crippen LogP contribution in [0, 0.1) is 0 Å². The van der Waals surface area contributed by atoms with E-state index in [2.05, 4.69) is 19.5 Å². The molecule has 0 atom stereocenters. The van der Waals surface area contributed by atoms with Gasteiger partial charge >= 0.3 is 17.9 Å². The number of ether oxygens (including phenoxy) is 3. The summed E-state index contributed by atoms with van der Waals surface area (Å²) in [6.07, 6.45) is -0.234. The van der Waals surface area contributed by atoms with Crippen LogP contribution in [0.25, 0.3) is 0 Å². The predicted molar refractivity (Wildman–Crippen MR) is 79.0 cm³/mol. The largest absolute Gasteiger partial charge is 0.469 e. The van der Waals surface area contributed by atoms with Gasteiger partial charge in [-0.25, -0.2) is 9.59 Å². The summed E-state index contributed by atoms with van der Waals surface area (Å²) in [4.78, 5) is 46.2. The quantitative estimate of drug-likeness (QED) is 0.618. The van der Waals surface area contributed by atoms with Gasteiger partial charge in [0.2, 0.25) is 5.91 Å². The number of amides is 1. The molecule has 23 heavy (non-hydrogen) atoms. The highest BCUT2D eigenvalue weighted by molar-refractivity contribution is 6.03. The first-order valence-electron chi connectivity index (χ1n) is 6.60. The van der Waals surface area contributed by atoms with Crippen molar-refractivity contribution >= 4 is 29.5 Å². The standard InChI is InChI=1S/C15H17NO7/c1-21-13(18)7-6-12(17)16-11-8-9(14(19)22-2)4-5-10(11)15(20)23-3/h4-5,8H,6-7H2,1-3H3,(H,16,17). The van der Waals surface area contributed by atoms with Crippen LogP contribution in [-0.4, -0.2) is 45.1 Å². The van der Waals surface area contributed by atoms with Gasteiger partial charge in [0.05, 0.1) is 44.6 Å². The van der Waals surface area contributed by atoms with Crippen molar-refractivity contribution in [1.29, 1.82) is 0 Å². The molecule has 1 aromatic carbocycles. The van der Waals surface area contributed by atoms with Gasteiger partial charge in [0.1, 0.15) is 0 Å². The van der Waals surface area contributed by atoms with Crippen LogP contribution in [0.3, 0.4) is 0 Å². The van der Waals surface area contributed by atoms with Gasteiger partial charge < -0.3 is 19.5 Å². The molecule has 0 saturated carbocycles. The lowest BCUT2D eigenvalue weighted by Crippen LogP contribution is -2.17. The maximum absolute atomic E-state index is 11.9. The van der Waals surface area contributed by atoms with Crippen LogP contribution in [-0.2, 0) is 23.8 Å². The average molecular weight is 323 g/mol. The number of methoxy groups -OCH3 is 3. The number of carbonyl (C=O) groups excluding carboxylic acids is 4. The second-order valence-electron chi connectivity index (χ2n) is 4.37. The molecule has 1 amide bonds. The zero-order valence-electron chi connectivity index (χ0n) is 13.0. The zero-order chi connectivity index (χ0) is 17.4. The molecule has 0 bridgehead atoms. The van der Waals surface area contributed by atoms with E-state index in [0.29, 0.717) is 0 Å². The molecule has 1 rings (SSSR count). The zero-order valence-corrected chi connectivity index (χ0v) is 13.0. The minimum Gasteiger partial charge on any atom is -0.469 e. The molecule has 0 aliphatic carbocycles. The summed E-state index contributed by atoms with van der Waals surface area (Å²) < 4.78 is 13.6. The molecule has 0 heterocycles. The number of nitrogens with one attached hydrogen (secondary N) is 1. The van der Waals surface area contributed by atoms with E-state index in [1.54, 1.807) is 0 Å². The summed E-state index contributed by atoms with van der Waals surface area (Å²) in [7, 11) is 3.63. The van der Waals surface area contributed by atoms with E-state index in [0.717, 1.165) is 0 Å². The number of hydrogen-bond acceptors (Lipinski definition) is 7. The van der Waals surface area contributed by atoms with Crippen LogP contribution < -0.4 is 5.32 Å². The lowest BCUT2D eigenvalue weighted by atomic mass is 10.1. The third kappa shape index (κ3) is 5.10. The Morgan fingerprint density at radius 1 is 0.913 bits per heavy atom. The van der Waals surface area contributed by atoms with E-state index in [1.165, 1.54) is 39.5 Å². The Hall–Kier alpha value is -2.90. The molecule has 1 aromatic rings. The van der Waals surface area contributed by atoms with Crippen LogP contribution in [0.1, 0.15) is 33.6 Å². The normalized spacial score (nSPS) is 9.70. The topological polar surface area (TPSA) is 108 Å². The van der Waals surface area contributed by atoms with Crippen molar-refractivity contribution in [3.8, 4) is 0 Å². The summed E-state index contributed by atoms with van der Waals surface area (Å²) in [5.74, 6) is -2.34. The lowest BCUT2D eigenvalue weighted by molar-refractivity contribution is -0.141. The number of rotatable bonds is 6. The first-order valence-corrected chi connectivity index (χ1v) is 6.60. The Kier molecular flexibility index (Phi) is 6.72. The first kappa shape index (κ1) is 18.1. The number of hydrogen-bond donors (Lipinski definition) is 1. The van der Waals surface area contributed by atoms with Crippen molar-refractivity contribution < 1.29 is 33.4 Å². The number of benzene rings is 1. The van der Waals surface area contributed by atoms with Crippen LogP contribution in [0.5, 0.6) is 0 Å². The second kappa shape index (κ2) is 8.52. The van der Waals surface area contributed by atoms with E-state index < -0.39 is 23.8 Å². The van der Waals surface area contributed by atoms with Gasteiger partial charge in [-0.15, -0.1) is 0 Å². The Morgan fingerprint density at radius 2 is 1.57 bits per heavy atom. The van der Waals surface area contributed by atoms with Crippen LogP contribution >= 0.6 is 0 Å². The van der Waals surface area contributed by atoms with Crippen molar-refractivity contribution in [1.82, 2.24) is 0 Å². The van der Waals surface area contributed by atoms with E-state index in [4.69, 9.17) is 0 Å². The van der Waals surface area contributed by atoms with E-state index in [1.807, 2.05) is 0 Å². The van der Waals surface area contributed by atoms with Crippen molar-refractivity contribution in [2.45, 2.75) is 12.8 Å². The third-order valence-corrected chi connectivity index (χ3v) is 2.90. The van der Waals surface area contributed by atoms with Crippen LogP contribution in [0.4, 0.5) is 5.69 Å². The van der Waals surface area contributed by atoms with Gasteiger partial charge in [-0.2, -0.15) is 0 Å². The summed E-state index contributed by atoms with van der Waals surface area (Å²) in [5.41, 5.74) is 0.324. The monoisotopic (exact) mass is 323 g/mol. The molecule has 1 N–H and O–H groups in total. The van der Waals surface area contributed by atoms with Crippen LogP contribution in [0.15, 0.2) is 18.2 Å². The van der Waals surface area contributed by atoms with Gasteiger partial charge in [0, 0.05) is 6.42 Å². The fourth-order valence-corrected chi connectivity index (χ4v) is 1.71. The Labute approximate surface area is 132 Å². The van der Waals surface area contributed by atoms with E-state index >= 15 is 0 Å². The van der Waals surface area contributed by atoms with Crippen molar-refractivity contribution in [3.63, 3.8) is 0 Å². The molecular weight excluding hydrogens is 306 g/mol. The summed E-state index contributed by atoms with van der Waals surface area (Å²) >= 11 is 0. The molecule has 0 fully saturated rings. The molecule has 8 heteroatoms. The van der Waals surface area contributed by atoms with E-state index in [9.17, 15) is 19.2 Å². The number of esters is 3. The van der Waals surface area contributed by atoms with Crippen molar-refractivity contribution in [3.05, 3.63) is 29.3 Å². The van der Waals surface area contributed by atoms with Crippen molar-refractivity contribution in [2.24, 2.45) is 0 Å².